The van der Waals surface area contributed by atoms with E-state index in [1.54, 1.807) is 0 Å². The van der Waals surface area contributed by atoms with Crippen LogP contribution in [0.4, 0.5) is 0 Å². The topological polar surface area (TPSA) is 24.9 Å². The summed E-state index contributed by atoms with van der Waals surface area (Å²) < 4.78 is 1.05. The van der Waals surface area contributed by atoms with Crippen molar-refractivity contribution in [2.45, 2.75) is 52.0 Å². The van der Waals surface area contributed by atoms with E-state index in [0.29, 0.717) is 6.04 Å². The molecule has 1 rings (SSSR count). The van der Waals surface area contributed by atoms with Gasteiger partial charge in [0.15, 0.2) is 0 Å². The SMILES string of the molecule is CCCCC(Cc1ccc(Br)cn1)NCCC. The molecule has 1 N–H and O–H groups in total. The van der Waals surface area contributed by atoms with Crippen molar-refractivity contribution in [2.24, 2.45) is 0 Å². The largest absolute Gasteiger partial charge is 0.314 e. The van der Waals surface area contributed by atoms with Crippen molar-refractivity contribution in [1.29, 1.82) is 0 Å². The first kappa shape index (κ1) is 14.7. The third-order valence-electron chi connectivity index (χ3n) is 2.83. The Kier molecular flexibility index (Phi) is 7.45. The van der Waals surface area contributed by atoms with E-state index in [9.17, 15) is 0 Å². The molecule has 0 aliphatic heterocycles. The number of unbranched alkanes of at least 4 members (excludes halogenated alkanes) is 1. The molecule has 96 valence electrons. The zero-order valence-electron chi connectivity index (χ0n) is 10.9. The molecule has 0 saturated heterocycles. The second-order valence-electron chi connectivity index (χ2n) is 4.47. The minimum atomic E-state index is 0.573. The van der Waals surface area contributed by atoms with Crippen LogP contribution in [-0.2, 0) is 6.42 Å². The molecule has 0 aromatic carbocycles. The van der Waals surface area contributed by atoms with Gasteiger partial charge in [0.05, 0.1) is 0 Å². The quantitative estimate of drug-likeness (QED) is 0.786. The third-order valence-corrected chi connectivity index (χ3v) is 3.30. The molecule has 1 aromatic rings. The zero-order chi connectivity index (χ0) is 12.5. The summed E-state index contributed by atoms with van der Waals surface area (Å²) in [6.45, 7) is 5.56. The lowest BCUT2D eigenvalue weighted by molar-refractivity contribution is 0.458. The van der Waals surface area contributed by atoms with Crippen molar-refractivity contribution in [2.75, 3.05) is 6.54 Å². The minimum Gasteiger partial charge on any atom is -0.314 e. The second-order valence-corrected chi connectivity index (χ2v) is 5.38. The molecular formula is C14H23BrN2. The van der Waals surface area contributed by atoms with E-state index in [1.807, 2.05) is 6.20 Å². The molecule has 0 saturated carbocycles. The van der Waals surface area contributed by atoms with Crippen LogP contribution in [0.5, 0.6) is 0 Å². The first-order valence-corrected chi connectivity index (χ1v) is 7.39. The standard InChI is InChI=1S/C14H23BrN2/c1-3-5-6-13(16-9-4-2)10-14-8-7-12(15)11-17-14/h7-8,11,13,16H,3-6,9-10H2,1-2H3. The minimum absolute atomic E-state index is 0.573. The second kappa shape index (κ2) is 8.65. The van der Waals surface area contributed by atoms with E-state index in [0.717, 1.165) is 17.4 Å². The molecule has 1 aromatic heterocycles. The summed E-state index contributed by atoms with van der Waals surface area (Å²) in [7, 11) is 0. The van der Waals surface area contributed by atoms with E-state index in [4.69, 9.17) is 0 Å². The molecule has 0 fully saturated rings. The molecule has 3 heteroatoms. The van der Waals surface area contributed by atoms with Gasteiger partial charge in [-0.1, -0.05) is 26.7 Å². The maximum Gasteiger partial charge on any atom is 0.0419 e. The molecule has 2 nitrogen and oxygen atoms in total. The summed E-state index contributed by atoms with van der Waals surface area (Å²) in [5, 5.41) is 3.62. The molecule has 0 aliphatic carbocycles. The maximum absolute atomic E-state index is 4.45. The summed E-state index contributed by atoms with van der Waals surface area (Å²) in [6, 6.07) is 4.75. The van der Waals surface area contributed by atoms with E-state index in [1.165, 1.54) is 31.4 Å². The highest BCUT2D eigenvalue weighted by atomic mass is 79.9. The van der Waals surface area contributed by atoms with Gasteiger partial charge in [0.1, 0.15) is 0 Å². The number of hydrogen-bond donors (Lipinski definition) is 1. The normalized spacial score (nSPS) is 12.6. The van der Waals surface area contributed by atoms with Gasteiger partial charge in [0.25, 0.3) is 0 Å². The van der Waals surface area contributed by atoms with Crippen LogP contribution in [0.3, 0.4) is 0 Å². The van der Waals surface area contributed by atoms with Gasteiger partial charge in [0, 0.05) is 28.8 Å². The molecule has 1 unspecified atom stereocenters. The number of aromatic nitrogens is 1. The molecule has 17 heavy (non-hydrogen) atoms. The summed E-state index contributed by atoms with van der Waals surface area (Å²) in [5.74, 6) is 0. The van der Waals surface area contributed by atoms with Gasteiger partial charge < -0.3 is 5.32 Å². The highest BCUT2D eigenvalue weighted by Gasteiger charge is 2.08. The summed E-state index contributed by atoms with van der Waals surface area (Å²) in [4.78, 5) is 4.45. The number of pyridine rings is 1. The Balaban J connectivity index is 2.48. The van der Waals surface area contributed by atoms with E-state index >= 15 is 0 Å². The first-order chi connectivity index (χ1) is 8.26. The Bertz CT molecular complexity index is 290. The van der Waals surface area contributed by atoms with Gasteiger partial charge >= 0.3 is 0 Å². The van der Waals surface area contributed by atoms with Crippen molar-refractivity contribution in [3.8, 4) is 0 Å². The predicted molar refractivity (Wildman–Crippen MR) is 77.2 cm³/mol. The maximum atomic E-state index is 4.45. The summed E-state index contributed by atoms with van der Waals surface area (Å²) in [5.41, 5.74) is 1.18. The Morgan fingerprint density at radius 3 is 2.71 bits per heavy atom. The van der Waals surface area contributed by atoms with Crippen LogP contribution in [0, 0.1) is 0 Å². The van der Waals surface area contributed by atoms with Crippen molar-refractivity contribution in [1.82, 2.24) is 10.3 Å². The zero-order valence-corrected chi connectivity index (χ0v) is 12.5. The lowest BCUT2D eigenvalue weighted by Crippen LogP contribution is -2.32. The smallest absolute Gasteiger partial charge is 0.0419 e. The van der Waals surface area contributed by atoms with Gasteiger partial charge in [0.2, 0.25) is 0 Å². The Hall–Kier alpha value is -0.410. The molecule has 0 radical (unpaired) electrons. The van der Waals surface area contributed by atoms with Gasteiger partial charge in [-0.25, -0.2) is 0 Å². The molecule has 0 bridgehead atoms. The highest BCUT2D eigenvalue weighted by molar-refractivity contribution is 9.10. The van der Waals surface area contributed by atoms with E-state index in [2.05, 4.69) is 52.2 Å². The van der Waals surface area contributed by atoms with Gasteiger partial charge in [-0.2, -0.15) is 0 Å². The molecular weight excluding hydrogens is 276 g/mol. The molecule has 0 aliphatic rings. The highest BCUT2D eigenvalue weighted by Crippen LogP contribution is 2.11. The van der Waals surface area contributed by atoms with Crippen LogP contribution >= 0.6 is 15.9 Å². The van der Waals surface area contributed by atoms with Crippen LogP contribution in [-0.4, -0.2) is 17.6 Å². The lowest BCUT2D eigenvalue weighted by atomic mass is 10.0. The van der Waals surface area contributed by atoms with Gasteiger partial charge in [-0.05, 0) is 47.4 Å². The summed E-state index contributed by atoms with van der Waals surface area (Å²) >= 11 is 3.42. The van der Waals surface area contributed by atoms with Crippen LogP contribution in [0.2, 0.25) is 0 Å². The summed E-state index contributed by atoms with van der Waals surface area (Å²) in [6.07, 6.45) is 7.90. The number of rotatable bonds is 8. The van der Waals surface area contributed by atoms with E-state index < -0.39 is 0 Å². The Morgan fingerprint density at radius 2 is 2.12 bits per heavy atom. The monoisotopic (exact) mass is 298 g/mol. The van der Waals surface area contributed by atoms with Crippen LogP contribution in [0.25, 0.3) is 0 Å². The van der Waals surface area contributed by atoms with Crippen molar-refractivity contribution in [3.63, 3.8) is 0 Å². The van der Waals surface area contributed by atoms with Crippen molar-refractivity contribution in [3.05, 3.63) is 28.5 Å². The van der Waals surface area contributed by atoms with Crippen LogP contribution in [0.15, 0.2) is 22.8 Å². The number of halogens is 1. The predicted octanol–water partition coefficient (Wildman–Crippen LogP) is 3.95. The van der Waals surface area contributed by atoms with Crippen LogP contribution < -0.4 is 5.32 Å². The van der Waals surface area contributed by atoms with Crippen molar-refractivity contribution >= 4 is 15.9 Å². The molecule has 0 spiro atoms. The van der Waals surface area contributed by atoms with Crippen LogP contribution in [0.1, 0.15) is 45.2 Å². The van der Waals surface area contributed by atoms with Crippen molar-refractivity contribution < 1.29 is 0 Å². The van der Waals surface area contributed by atoms with E-state index in [-0.39, 0.29) is 0 Å². The fraction of sp³-hybridized carbons (Fsp3) is 0.643. The lowest BCUT2D eigenvalue weighted by Gasteiger charge is -2.17. The molecule has 1 atom stereocenters. The number of nitrogens with zero attached hydrogens (tertiary/aromatic N) is 1. The Morgan fingerprint density at radius 1 is 1.29 bits per heavy atom. The molecule has 1 heterocycles. The fourth-order valence-corrected chi connectivity index (χ4v) is 2.09. The fourth-order valence-electron chi connectivity index (χ4n) is 1.85. The molecule has 0 amide bonds. The first-order valence-electron chi connectivity index (χ1n) is 6.60. The van der Waals surface area contributed by atoms with Gasteiger partial charge in [-0.15, -0.1) is 0 Å². The van der Waals surface area contributed by atoms with Gasteiger partial charge in [-0.3, -0.25) is 4.98 Å². The number of nitrogens with one attached hydrogen (secondary N) is 1. The Labute approximate surface area is 113 Å². The number of hydrogen-bond acceptors (Lipinski definition) is 2. The average molecular weight is 299 g/mol. The third kappa shape index (κ3) is 6.18. The average Bonchev–Trinajstić information content (AvgIpc) is 2.35.